The van der Waals surface area contributed by atoms with Gasteiger partial charge in [0, 0.05) is 10.7 Å². The third-order valence-electron chi connectivity index (χ3n) is 2.57. The van der Waals surface area contributed by atoms with Gasteiger partial charge in [0.25, 0.3) is 0 Å². The summed E-state index contributed by atoms with van der Waals surface area (Å²) < 4.78 is 0. The first-order valence-corrected chi connectivity index (χ1v) is 6.58. The second kappa shape index (κ2) is 6.47. The smallest absolute Gasteiger partial charge is 0.335 e. The molecule has 0 radical (unpaired) electrons. The Morgan fingerprint density at radius 2 is 1.62 bits per heavy atom. The maximum absolute atomic E-state index is 11.8. The van der Waals surface area contributed by atoms with Gasteiger partial charge < -0.3 is 15.7 Å². The van der Waals surface area contributed by atoms with E-state index in [1.807, 2.05) is 0 Å². The standard InChI is InChI=1S/C14H10Cl2N2O3/c15-9-3-6-11(16)12(7-9)18-14(21)17-10-4-1-8(2-5-10)13(19)20/h1-7H,(H,19,20)(H2,17,18,21). The SMILES string of the molecule is O=C(Nc1ccc(C(=O)O)cc1)Nc1cc(Cl)ccc1Cl. The highest BCUT2D eigenvalue weighted by atomic mass is 35.5. The number of hydrogen-bond acceptors (Lipinski definition) is 2. The predicted molar refractivity (Wildman–Crippen MR) is 82.5 cm³/mol. The molecule has 0 saturated heterocycles. The van der Waals surface area contributed by atoms with Gasteiger partial charge in [-0.25, -0.2) is 9.59 Å². The monoisotopic (exact) mass is 324 g/mol. The molecule has 0 unspecified atom stereocenters. The Morgan fingerprint density at radius 1 is 0.952 bits per heavy atom. The van der Waals surface area contributed by atoms with E-state index in [-0.39, 0.29) is 5.56 Å². The van der Waals surface area contributed by atoms with Crippen LogP contribution < -0.4 is 10.6 Å². The van der Waals surface area contributed by atoms with Gasteiger partial charge in [-0.3, -0.25) is 0 Å². The molecule has 0 bridgehead atoms. The summed E-state index contributed by atoms with van der Waals surface area (Å²) >= 11 is 11.8. The Kier molecular flexibility index (Phi) is 4.67. The van der Waals surface area contributed by atoms with Gasteiger partial charge in [0.05, 0.1) is 16.3 Å². The Balaban J connectivity index is 2.04. The molecule has 108 valence electrons. The molecule has 0 atom stereocenters. The summed E-state index contributed by atoms with van der Waals surface area (Å²) in [5, 5.41) is 14.7. The molecule has 0 heterocycles. The van der Waals surface area contributed by atoms with Crippen LogP contribution in [0.25, 0.3) is 0 Å². The third-order valence-corrected chi connectivity index (χ3v) is 3.13. The molecule has 0 saturated carbocycles. The zero-order valence-corrected chi connectivity index (χ0v) is 12.1. The zero-order chi connectivity index (χ0) is 15.4. The van der Waals surface area contributed by atoms with E-state index in [4.69, 9.17) is 28.3 Å². The van der Waals surface area contributed by atoms with Crippen LogP contribution in [-0.4, -0.2) is 17.1 Å². The normalized spacial score (nSPS) is 10.0. The first-order chi connectivity index (χ1) is 9.95. The molecule has 0 aliphatic carbocycles. The van der Waals surface area contributed by atoms with Crippen LogP contribution >= 0.6 is 23.2 Å². The van der Waals surface area contributed by atoms with Crippen LogP contribution in [0, 0.1) is 0 Å². The lowest BCUT2D eigenvalue weighted by atomic mass is 10.2. The van der Waals surface area contributed by atoms with Crippen LogP contribution in [0.5, 0.6) is 0 Å². The molecule has 2 rings (SSSR count). The average molecular weight is 325 g/mol. The topological polar surface area (TPSA) is 78.4 Å². The lowest BCUT2D eigenvalue weighted by molar-refractivity contribution is 0.0697. The number of aromatic carboxylic acids is 1. The van der Waals surface area contributed by atoms with Gasteiger partial charge in [-0.05, 0) is 42.5 Å². The van der Waals surface area contributed by atoms with Gasteiger partial charge >= 0.3 is 12.0 Å². The van der Waals surface area contributed by atoms with Crippen LogP contribution in [0.2, 0.25) is 10.0 Å². The molecule has 5 nitrogen and oxygen atoms in total. The summed E-state index contributed by atoms with van der Waals surface area (Å²) in [6.07, 6.45) is 0. The van der Waals surface area contributed by atoms with Crippen LogP contribution in [0.1, 0.15) is 10.4 Å². The van der Waals surface area contributed by atoms with Crippen molar-refractivity contribution >= 4 is 46.6 Å². The van der Waals surface area contributed by atoms with Crippen molar-refractivity contribution in [3.05, 3.63) is 58.1 Å². The first kappa shape index (κ1) is 15.2. The number of anilines is 2. The summed E-state index contributed by atoms with van der Waals surface area (Å²) in [6, 6.07) is 9.96. The van der Waals surface area contributed by atoms with Crippen molar-refractivity contribution in [2.45, 2.75) is 0 Å². The molecular formula is C14H10Cl2N2O3. The first-order valence-electron chi connectivity index (χ1n) is 5.82. The average Bonchev–Trinajstić information content (AvgIpc) is 2.43. The van der Waals surface area contributed by atoms with Gasteiger partial charge in [-0.15, -0.1) is 0 Å². The highest BCUT2D eigenvalue weighted by molar-refractivity contribution is 6.35. The molecule has 2 aromatic rings. The van der Waals surface area contributed by atoms with Crippen LogP contribution in [0.15, 0.2) is 42.5 Å². The van der Waals surface area contributed by atoms with Gasteiger partial charge in [0.15, 0.2) is 0 Å². The summed E-state index contributed by atoms with van der Waals surface area (Å²) in [6.45, 7) is 0. The number of amides is 2. The summed E-state index contributed by atoms with van der Waals surface area (Å²) in [5.74, 6) is -1.03. The van der Waals surface area contributed by atoms with E-state index in [1.54, 1.807) is 12.1 Å². The van der Waals surface area contributed by atoms with Gasteiger partial charge in [0.2, 0.25) is 0 Å². The fourth-order valence-electron chi connectivity index (χ4n) is 1.57. The number of urea groups is 1. The Bertz CT molecular complexity index is 687. The number of carboxylic acids is 1. The minimum absolute atomic E-state index is 0.138. The highest BCUT2D eigenvalue weighted by Crippen LogP contribution is 2.25. The second-order valence-electron chi connectivity index (χ2n) is 4.09. The maximum Gasteiger partial charge on any atom is 0.335 e. The number of halogens is 2. The number of carbonyl (C=O) groups excluding carboxylic acids is 1. The Hall–Kier alpha value is -2.24. The third kappa shape index (κ3) is 4.11. The summed E-state index contributed by atoms with van der Waals surface area (Å²) in [5.41, 5.74) is 0.971. The molecule has 2 aromatic carbocycles. The largest absolute Gasteiger partial charge is 0.478 e. The molecule has 7 heteroatoms. The predicted octanol–water partition coefficient (Wildman–Crippen LogP) is 4.34. The number of rotatable bonds is 3. The minimum Gasteiger partial charge on any atom is -0.478 e. The van der Waals surface area contributed by atoms with Crippen molar-refractivity contribution in [1.82, 2.24) is 0 Å². The lowest BCUT2D eigenvalue weighted by Gasteiger charge is -2.09. The summed E-state index contributed by atoms with van der Waals surface area (Å²) in [7, 11) is 0. The molecule has 2 amide bonds. The van der Waals surface area contributed by atoms with Crippen molar-refractivity contribution in [3.8, 4) is 0 Å². The van der Waals surface area contributed by atoms with E-state index >= 15 is 0 Å². The second-order valence-corrected chi connectivity index (χ2v) is 4.93. The molecule has 3 N–H and O–H groups in total. The molecule has 0 fully saturated rings. The van der Waals surface area contributed by atoms with Crippen molar-refractivity contribution in [2.75, 3.05) is 10.6 Å². The van der Waals surface area contributed by atoms with Crippen molar-refractivity contribution in [3.63, 3.8) is 0 Å². The lowest BCUT2D eigenvalue weighted by Crippen LogP contribution is -2.19. The minimum atomic E-state index is -1.03. The molecule has 0 aliphatic heterocycles. The van der Waals surface area contributed by atoms with Crippen molar-refractivity contribution < 1.29 is 14.7 Å². The highest BCUT2D eigenvalue weighted by Gasteiger charge is 2.07. The van der Waals surface area contributed by atoms with Crippen molar-refractivity contribution in [1.29, 1.82) is 0 Å². The van der Waals surface area contributed by atoms with Crippen LogP contribution in [0.3, 0.4) is 0 Å². The van der Waals surface area contributed by atoms with E-state index < -0.39 is 12.0 Å². The maximum atomic E-state index is 11.8. The Labute approximate surface area is 130 Å². The number of carboxylic acid groups (broad SMARTS) is 1. The van der Waals surface area contributed by atoms with E-state index in [9.17, 15) is 9.59 Å². The molecule has 0 aliphatic rings. The Morgan fingerprint density at radius 3 is 2.24 bits per heavy atom. The van der Waals surface area contributed by atoms with E-state index in [0.29, 0.717) is 21.4 Å². The summed E-state index contributed by atoms with van der Waals surface area (Å²) in [4.78, 5) is 22.5. The number of hydrogen-bond donors (Lipinski definition) is 3. The number of carbonyl (C=O) groups is 2. The number of benzene rings is 2. The van der Waals surface area contributed by atoms with Gasteiger partial charge in [-0.2, -0.15) is 0 Å². The fraction of sp³-hybridized carbons (Fsp3) is 0. The van der Waals surface area contributed by atoms with Crippen LogP contribution in [-0.2, 0) is 0 Å². The van der Waals surface area contributed by atoms with E-state index in [0.717, 1.165) is 0 Å². The molecule has 0 spiro atoms. The van der Waals surface area contributed by atoms with E-state index in [2.05, 4.69) is 10.6 Å². The molecule has 0 aromatic heterocycles. The van der Waals surface area contributed by atoms with E-state index in [1.165, 1.54) is 30.3 Å². The van der Waals surface area contributed by atoms with Gasteiger partial charge in [-0.1, -0.05) is 23.2 Å². The fourth-order valence-corrected chi connectivity index (χ4v) is 1.91. The molecule has 21 heavy (non-hydrogen) atoms. The van der Waals surface area contributed by atoms with Crippen molar-refractivity contribution in [2.24, 2.45) is 0 Å². The zero-order valence-electron chi connectivity index (χ0n) is 10.6. The van der Waals surface area contributed by atoms with Crippen LogP contribution in [0.4, 0.5) is 16.2 Å². The number of nitrogens with one attached hydrogen (secondary N) is 2. The van der Waals surface area contributed by atoms with Gasteiger partial charge in [0.1, 0.15) is 0 Å². The molecular weight excluding hydrogens is 315 g/mol. The quantitative estimate of drug-likeness (QED) is 0.785.